The Bertz CT molecular complexity index is 1290. The van der Waals surface area contributed by atoms with E-state index < -0.39 is 0 Å². The number of fused-ring (bicyclic) bond motifs is 1. The molecular weight excluding hydrogens is 388 g/mol. The number of thiophene rings is 1. The van der Waals surface area contributed by atoms with Crippen molar-refractivity contribution in [2.24, 2.45) is 0 Å². The molecule has 1 amide bonds. The van der Waals surface area contributed by atoms with Gasteiger partial charge in [-0.25, -0.2) is 4.98 Å². The number of pyridine rings is 1. The van der Waals surface area contributed by atoms with E-state index in [4.69, 9.17) is 4.52 Å². The van der Waals surface area contributed by atoms with Gasteiger partial charge in [0, 0.05) is 5.69 Å². The summed E-state index contributed by atoms with van der Waals surface area (Å²) in [5.41, 5.74) is 3.56. The Hall–Kier alpha value is -3.85. The molecule has 4 aromatic heterocycles. The van der Waals surface area contributed by atoms with Gasteiger partial charge in [-0.3, -0.25) is 4.79 Å². The number of nitrogens with zero attached hydrogens (tertiary/aromatic N) is 5. The monoisotopic (exact) mass is 402 g/mol. The van der Waals surface area contributed by atoms with Gasteiger partial charge in [-0.2, -0.15) is 15.0 Å². The summed E-state index contributed by atoms with van der Waals surface area (Å²) in [6.07, 6.45) is 3.22. The molecule has 0 aliphatic heterocycles. The molecule has 142 valence electrons. The molecule has 0 radical (unpaired) electrons. The van der Waals surface area contributed by atoms with E-state index in [0.717, 1.165) is 10.6 Å². The lowest BCUT2D eigenvalue weighted by Gasteiger charge is -2.08. The van der Waals surface area contributed by atoms with E-state index in [-0.39, 0.29) is 5.91 Å². The molecule has 0 atom stereocenters. The first-order chi connectivity index (χ1) is 14.2. The lowest BCUT2D eigenvalue weighted by atomic mass is 10.1. The number of hydrogen-bond donors (Lipinski definition) is 1. The Labute approximate surface area is 168 Å². The van der Waals surface area contributed by atoms with E-state index in [2.05, 4.69) is 25.7 Å². The minimum Gasteiger partial charge on any atom is -0.335 e. The molecule has 0 saturated heterocycles. The van der Waals surface area contributed by atoms with Gasteiger partial charge >= 0.3 is 0 Å². The third kappa shape index (κ3) is 3.17. The quantitative estimate of drug-likeness (QED) is 0.486. The highest BCUT2D eigenvalue weighted by molar-refractivity contribution is 7.13. The summed E-state index contributed by atoms with van der Waals surface area (Å²) in [5, 5.41) is 17.7. The Morgan fingerprint density at radius 2 is 1.93 bits per heavy atom. The van der Waals surface area contributed by atoms with Crippen molar-refractivity contribution in [2.75, 3.05) is 5.32 Å². The van der Waals surface area contributed by atoms with Crippen LogP contribution in [-0.2, 0) is 0 Å². The number of carbonyl (C=O) groups excluding carboxylic acids is 1. The van der Waals surface area contributed by atoms with Crippen molar-refractivity contribution in [3.63, 3.8) is 0 Å². The zero-order valence-corrected chi connectivity index (χ0v) is 16.1. The SMILES string of the molecule is Cc1noc2nc(-c3cccs3)cc(C(=O)Nc3ccc(-n4nccn4)cc3)c12. The van der Waals surface area contributed by atoms with E-state index in [1.165, 1.54) is 4.80 Å². The third-order valence-electron chi connectivity index (χ3n) is 4.41. The van der Waals surface area contributed by atoms with E-state index in [1.54, 1.807) is 48.9 Å². The summed E-state index contributed by atoms with van der Waals surface area (Å²) in [6, 6.07) is 12.9. The average molecular weight is 402 g/mol. The first-order valence-electron chi connectivity index (χ1n) is 8.78. The van der Waals surface area contributed by atoms with Gasteiger partial charge in [0.25, 0.3) is 11.6 Å². The Morgan fingerprint density at radius 3 is 2.66 bits per heavy atom. The topological polar surface area (TPSA) is 98.7 Å². The predicted octanol–water partition coefficient (Wildman–Crippen LogP) is 4.09. The highest BCUT2D eigenvalue weighted by Crippen LogP contribution is 2.30. The first kappa shape index (κ1) is 17.3. The van der Waals surface area contributed by atoms with Crippen LogP contribution in [-0.4, -0.2) is 31.0 Å². The number of anilines is 1. The second-order valence-corrected chi connectivity index (χ2v) is 7.25. The van der Waals surface area contributed by atoms with Crippen molar-refractivity contribution in [3.8, 4) is 16.3 Å². The summed E-state index contributed by atoms with van der Waals surface area (Å²) in [5.74, 6) is -0.258. The van der Waals surface area contributed by atoms with Gasteiger partial charge < -0.3 is 9.84 Å². The number of aromatic nitrogens is 5. The predicted molar refractivity (Wildman–Crippen MR) is 109 cm³/mol. The molecule has 1 aromatic carbocycles. The third-order valence-corrected chi connectivity index (χ3v) is 5.30. The fraction of sp³-hybridized carbons (Fsp3) is 0.0500. The second-order valence-electron chi connectivity index (χ2n) is 6.30. The molecule has 0 aliphatic rings. The molecule has 0 saturated carbocycles. The minimum absolute atomic E-state index is 0.258. The number of amides is 1. The fourth-order valence-electron chi connectivity index (χ4n) is 3.05. The standard InChI is InChI=1S/C20H14N6O2S/c1-12-18-15(11-16(17-3-2-10-29-17)24-20(18)28-25-12)19(27)23-13-4-6-14(7-5-13)26-21-8-9-22-26/h2-11H,1H3,(H,23,27). The number of nitrogens with one attached hydrogen (secondary N) is 1. The maximum absolute atomic E-state index is 13.1. The normalized spacial score (nSPS) is 11.1. The summed E-state index contributed by atoms with van der Waals surface area (Å²) < 4.78 is 5.33. The molecular formula is C20H14N6O2S. The van der Waals surface area contributed by atoms with Crippen molar-refractivity contribution in [1.82, 2.24) is 25.1 Å². The second kappa shape index (κ2) is 6.95. The van der Waals surface area contributed by atoms with Gasteiger partial charge in [0.1, 0.15) is 0 Å². The van der Waals surface area contributed by atoms with Crippen LogP contribution in [0.2, 0.25) is 0 Å². The number of rotatable bonds is 4. The molecule has 0 unspecified atom stereocenters. The van der Waals surface area contributed by atoms with Gasteiger partial charge in [-0.05, 0) is 48.7 Å². The van der Waals surface area contributed by atoms with Crippen LogP contribution >= 0.6 is 11.3 Å². The molecule has 0 fully saturated rings. The van der Waals surface area contributed by atoms with Crippen molar-refractivity contribution in [2.45, 2.75) is 6.92 Å². The van der Waals surface area contributed by atoms with E-state index in [0.29, 0.717) is 33.7 Å². The zero-order valence-electron chi connectivity index (χ0n) is 15.2. The molecule has 0 spiro atoms. The van der Waals surface area contributed by atoms with Crippen LogP contribution < -0.4 is 5.32 Å². The van der Waals surface area contributed by atoms with Crippen LogP contribution in [0.3, 0.4) is 0 Å². The van der Waals surface area contributed by atoms with Gasteiger partial charge in [0.2, 0.25) is 0 Å². The first-order valence-corrected chi connectivity index (χ1v) is 9.66. The number of hydrogen-bond acceptors (Lipinski definition) is 7. The van der Waals surface area contributed by atoms with Gasteiger partial charge in [-0.15, -0.1) is 11.3 Å². The van der Waals surface area contributed by atoms with Gasteiger partial charge in [-0.1, -0.05) is 11.2 Å². The highest BCUT2D eigenvalue weighted by atomic mass is 32.1. The molecule has 5 rings (SSSR count). The van der Waals surface area contributed by atoms with Crippen LogP contribution in [0, 0.1) is 6.92 Å². The average Bonchev–Trinajstić information content (AvgIpc) is 3.50. The number of benzene rings is 1. The zero-order chi connectivity index (χ0) is 19.8. The van der Waals surface area contributed by atoms with E-state index in [9.17, 15) is 4.79 Å². The van der Waals surface area contributed by atoms with Crippen LogP contribution in [0.4, 0.5) is 5.69 Å². The van der Waals surface area contributed by atoms with Gasteiger partial charge in [0.05, 0.1) is 45.3 Å². The van der Waals surface area contributed by atoms with Crippen LogP contribution in [0.5, 0.6) is 0 Å². The Balaban J connectivity index is 1.50. The highest BCUT2D eigenvalue weighted by Gasteiger charge is 2.20. The van der Waals surface area contributed by atoms with Gasteiger partial charge in [0.15, 0.2) is 0 Å². The van der Waals surface area contributed by atoms with E-state index >= 15 is 0 Å². The van der Waals surface area contributed by atoms with Crippen molar-refractivity contribution < 1.29 is 9.32 Å². The van der Waals surface area contributed by atoms with Crippen molar-refractivity contribution >= 4 is 34.0 Å². The molecule has 0 bridgehead atoms. The van der Waals surface area contributed by atoms with Crippen LogP contribution in [0.1, 0.15) is 16.1 Å². The largest absolute Gasteiger partial charge is 0.335 e. The van der Waals surface area contributed by atoms with E-state index in [1.807, 2.05) is 29.6 Å². The van der Waals surface area contributed by atoms with Crippen LogP contribution in [0.25, 0.3) is 27.4 Å². The van der Waals surface area contributed by atoms with Crippen molar-refractivity contribution in [1.29, 1.82) is 0 Å². The Morgan fingerprint density at radius 1 is 1.14 bits per heavy atom. The lowest BCUT2D eigenvalue weighted by Crippen LogP contribution is -2.13. The van der Waals surface area contributed by atoms with Crippen LogP contribution in [0.15, 0.2) is 64.8 Å². The summed E-state index contributed by atoms with van der Waals surface area (Å²) in [7, 11) is 0. The fourth-order valence-corrected chi connectivity index (χ4v) is 3.74. The Kier molecular flexibility index (Phi) is 4.14. The summed E-state index contributed by atoms with van der Waals surface area (Å²) in [4.78, 5) is 20.0. The molecule has 29 heavy (non-hydrogen) atoms. The molecule has 1 N–H and O–H groups in total. The lowest BCUT2D eigenvalue weighted by molar-refractivity contribution is 0.102. The molecule has 9 heteroatoms. The van der Waals surface area contributed by atoms with Crippen molar-refractivity contribution in [3.05, 3.63) is 71.5 Å². The maximum Gasteiger partial charge on any atom is 0.259 e. The summed E-state index contributed by atoms with van der Waals surface area (Å²) >= 11 is 1.55. The summed E-state index contributed by atoms with van der Waals surface area (Å²) in [6.45, 7) is 1.79. The minimum atomic E-state index is -0.258. The smallest absolute Gasteiger partial charge is 0.259 e. The molecule has 4 heterocycles. The molecule has 0 aliphatic carbocycles. The molecule has 5 aromatic rings. The maximum atomic E-state index is 13.1. The number of aryl methyl sites for hydroxylation is 1. The molecule has 8 nitrogen and oxygen atoms in total. The number of carbonyl (C=O) groups is 1.